The van der Waals surface area contributed by atoms with E-state index in [-0.39, 0.29) is 12.8 Å². The number of hydrogen-bond acceptors (Lipinski definition) is 5. The Bertz CT molecular complexity index is 266. The van der Waals surface area contributed by atoms with Gasteiger partial charge in [0.15, 0.2) is 0 Å². The topological polar surface area (TPSA) is 69.7 Å². The summed E-state index contributed by atoms with van der Waals surface area (Å²) in [6.07, 6.45) is 1.37. The molecule has 76 valence electrons. The predicted octanol–water partition coefficient (Wildman–Crippen LogP) is 0.709. The lowest BCUT2D eigenvalue weighted by Crippen LogP contribution is -2.16. The van der Waals surface area contributed by atoms with Crippen LogP contribution in [-0.2, 0) is 23.9 Å². The van der Waals surface area contributed by atoms with Crippen LogP contribution in [0.4, 0.5) is 0 Å². The zero-order valence-electron chi connectivity index (χ0n) is 7.52. The number of carbonyl (C=O) groups is 3. The first-order valence-electron chi connectivity index (χ1n) is 3.77. The zero-order valence-corrected chi connectivity index (χ0v) is 7.52. The smallest absolute Gasteiger partial charge is 0.379 e. The van der Waals surface area contributed by atoms with Gasteiger partial charge in [0, 0.05) is 6.42 Å². The molecular formula is C9H10O5. The summed E-state index contributed by atoms with van der Waals surface area (Å²) in [6.45, 7) is 6.27. The fraction of sp³-hybridized carbons (Fsp3) is 0.222. The highest BCUT2D eigenvalue weighted by molar-refractivity contribution is 6.33. The first-order chi connectivity index (χ1) is 6.61. The summed E-state index contributed by atoms with van der Waals surface area (Å²) >= 11 is 0. The summed E-state index contributed by atoms with van der Waals surface area (Å²) in [4.78, 5) is 32.3. The van der Waals surface area contributed by atoms with E-state index in [9.17, 15) is 14.4 Å². The van der Waals surface area contributed by atoms with Crippen LogP contribution in [0.15, 0.2) is 25.7 Å². The second kappa shape index (κ2) is 6.59. The molecule has 0 heterocycles. The lowest BCUT2D eigenvalue weighted by atomic mass is 10.2. The van der Waals surface area contributed by atoms with Gasteiger partial charge in [-0.1, -0.05) is 13.2 Å². The minimum atomic E-state index is -1.04. The number of hydrogen-bond donors (Lipinski definition) is 0. The third-order valence-corrected chi connectivity index (χ3v) is 1.19. The maximum atomic E-state index is 10.9. The Labute approximate surface area is 81.0 Å². The Balaban J connectivity index is 3.84. The van der Waals surface area contributed by atoms with Gasteiger partial charge >= 0.3 is 11.9 Å². The van der Waals surface area contributed by atoms with Crippen molar-refractivity contribution in [1.82, 2.24) is 0 Å². The van der Waals surface area contributed by atoms with Gasteiger partial charge < -0.3 is 9.47 Å². The molecule has 0 saturated carbocycles. The van der Waals surface area contributed by atoms with E-state index < -0.39 is 17.7 Å². The molecule has 14 heavy (non-hydrogen) atoms. The van der Waals surface area contributed by atoms with Gasteiger partial charge in [0.2, 0.25) is 5.78 Å². The normalized spacial score (nSPS) is 8.57. The van der Waals surface area contributed by atoms with E-state index >= 15 is 0 Å². The first-order valence-corrected chi connectivity index (χ1v) is 3.77. The molecule has 0 amide bonds. The summed E-state index contributed by atoms with van der Waals surface area (Å²) < 4.78 is 8.53. The van der Waals surface area contributed by atoms with Crippen molar-refractivity contribution < 1.29 is 23.9 Å². The van der Waals surface area contributed by atoms with Crippen LogP contribution < -0.4 is 0 Å². The quantitative estimate of drug-likeness (QED) is 0.357. The average molecular weight is 198 g/mol. The van der Waals surface area contributed by atoms with Crippen molar-refractivity contribution in [3.63, 3.8) is 0 Å². The van der Waals surface area contributed by atoms with Crippen molar-refractivity contribution in [2.24, 2.45) is 0 Å². The van der Waals surface area contributed by atoms with Crippen LogP contribution in [0.2, 0.25) is 0 Å². The van der Waals surface area contributed by atoms with Gasteiger partial charge in [-0.25, -0.2) is 4.79 Å². The highest BCUT2D eigenvalue weighted by atomic mass is 16.5. The maximum Gasteiger partial charge on any atom is 0.379 e. The number of rotatable bonds is 6. The van der Waals surface area contributed by atoms with Gasteiger partial charge in [0.1, 0.15) is 0 Å². The van der Waals surface area contributed by atoms with Crippen molar-refractivity contribution in [3.8, 4) is 0 Å². The van der Waals surface area contributed by atoms with Gasteiger partial charge in [-0.15, -0.1) is 0 Å². The third-order valence-electron chi connectivity index (χ3n) is 1.19. The number of ketones is 1. The summed E-state index contributed by atoms with van der Waals surface area (Å²) in [6, 6.07) is 0. The van der Waals surface area contributed by atoms with E-state index in [1.54, 1.807) is 0 Å². The summed E-state index contributed by atoms with van der Waals surface area (Å²) in [5, 5.41) is 0. The molecule has 5 nitrogen and oxygen atoms in total. The average Bonchev–Trinajstić information content (AvgIpc) is 2.15. The fourth-order valence-corrected chi connectivity index (χ4v) is 0.611. The number of carbonyl (C=O) groups excluding carboxylic acids is 3. The lowest BCUT2D eigenvalue weighted by molar-refractivity contribution is -0.150. The van der Waals surface area contributed by atoms with Gasteiger partial charge in [0.25, 0.3) is 0 Å². The van der Waals surface area contributed by atoms with E-state index in [0.29, 0.717) is 0 Å². The maximum absolute atomic E-state index is 10.9. The Kier molecular flexibility index (Phi) is 5.69. The Morgan fingerprint density at radius 3 is 2.07 bits per heavy atom. The fourth-order valence-electron chi connectivity index (χ4n) is 0.611. The van der Waals surface area contributed by atoms with E-state index in [1.165, 1.54) is 0 Å². The highest BCUT2D eigenvalue weighted by Crippen LogP contribution is 1.96. The van der Waals surface area contributed by atoms with Crippen LogP contribution in [0.1, 0.15) is 12.8 Å². The monoisotopic (exact) mass is 198 g/mol. The molecule has 0 fully saturated rings. The molecule has 0 radical (unpaired) electrons. The first kappa shape index (κ1) is 12.1. The molecule has 0 aromatic heterocycles. The van der Waals surface area contributed by atoms with Gasteiger partial charge in [-0.05, 0) is 0 Å². The molecule has 0 rings (SSSR count). The molecule has 0 unspecified atom stereocenters. The van der Waals surface area contributed by atoms with E-state index in [4.69, 9.17) is 0 Å². The highest BCUT2D eigenvalue weighted by Gasteiger charge is 2.16. The van der Waals surface area contributed by atoms with Crippen LogP contribution in [0, 0.1) is 0 Å². The predicted molar refractivity (Wildman–Crippen MR) is 46.8 cm³/mol. The molecule has 0 spiro atoms. The van der Waals surface area contributed by atoms with E-state index in [0.717, 1.165) is 12.5 Å². The lowest BCUT2D eigenvalue weighted by Gasteiger charge is -1.98. The number of Topliss-reactive ketones (excluding diaryl/α,β-unsaturated/α-hetero) is 1. The van der Waals surface area contributed by atoms with Crippen molar-refractivity contribution in [1.29, 1.82) is 0 Å². The molecule has 0 aromatic carbocycles. The molecule has 0 aliphatic heterocycles. The van der Waals surface area contributed by atoms with Gasteiger partial charge in [0.05, 0.1) is 18.9 Å². The van der Waals surface area contributed by atoms with Crippen molar-refractivity contribution in [2.45, 2.75) is 12.8 Å². The third kappa shape index (κ3) is 4.87. The molecule has 0 aromatic rings. The van der Waals surface area contributed by atoms with Crippen molar-refractivity contribution in [2.75, 3.05) is 0 Å². The SMILES string of the molecule is C=COC(=O)CCC(=O)C(=O)OC=C. The van der Waals surface area contributed by atoms with Crippen LogP contribution in [0.25, 0.3) is 0 Å². The summed E-state index contributed by atoms with van der Waals surface area (Å²) in [5.41, 5.74) is 0. The zero-order chi connectivity index (χ0) is 11.0. The van der Waals surface area contributed by atoms with E-state index in [2.05, 4.69) is 22.6 Å². The Hall–Kier alpha value is -1.91. The molecular weight excluding hydrogens is 188 g/mol. The molecule has 0 aliphatic rings. The van der Waals surface area contributed by atoms with E-state index in [1.807, 2.05) is 0 Å². The Morgan fingerprint density at radius 2 is 1.57 bits per heavy atom. The molecule has 0 saturated heterocycles. The van der Waals surface area contributed by atoms with Crippen LogP contribution >= 0.6 is 0 Å². The minimum Gasteiger partial charge on any atom is -0.435 e. The largest absolute Gasteiger partial charge is 0.435 e. The molecule has 0 aliphatic carbocycles. The second-order valence-corrected chi connectivity index (χ2v) is 2.15. The molecule has 0 bridgehead atoms. The van der Waals surface area contributed by atoms with Crippen LogP contribution in [0.3, 0.4) is 0 Å². The minimum absolute atomic E-state index is 0.183. The van der Waals surface area contributed by atoms with Crippen LogP contribution in [-0.4, -0.2) is 17.7 Å². The summed E-state index contributed by atoms with van der Waals surface area (Å²) in [5.74, 6) is -2.46. The van der Waals surface area contributed by atoms with Gasteiger partial charge in [-0.2, -0.15) is 0 Å². The summed E-state index contributed by atoms with van der Waals surface area (Å²) in [7, 11) is 0. The number of esters is 2. The standard InChI is InChI=1S/C9H10O5/c1-3-13-8(11)6-5-7(10)9(12)14-4-2/h3-4H,1-2,5-6H2. The number of ether oxygens (including phenoxy) is 2. The van der Waals surface area contributed by atoms with Gasteiger partial charge in [-0.3, -0.25) is 9.59 Å². The van der Waals surface area contributed by atoms with Crippen molar-refractivity contribution >= 4 is 17.7 Å². The molecule has 0 atom stereocenters. The van der Waals surface area contributed by atoms with Crippen molar-refractivity contribution in [3.05, 3.63) is 25.7 Å². The molecule has 5 heteroatoms. The molecule has 0 N–H and O–H groups in total. The second-order valence-electron chi connectivity index (χ2n) is 2.15. The van der Waals surface area contributed by atoms with Crippen LogP contribution in [0.5, 0.6) is 0 Å². The Morgan fingerprint density at radius 1 is 1.00 bits per heavy atom.